The van der Waals surface area contributed by atoms with Gasteiger partial charge in [-0.15, -0.1) is 0 Å². The lowest BCUT2D eigenvalue weighted by Gasteiger charge is -2.28. The van der Waals surface area contributed by atoms with Gasteiger partial charge < -0.3 is 4.90 Å². The van der Waals surface area contributed by atoms with Crippen molar-refractivity contribution in [3.05, 3.63) is 35.9 Å². The molecule has 1 N–H and O–H groups in total. The van der Waals surface area contributed by atoms with Gasteiger partial charge in [0, 0.05) is 6.54 Å². The van der Waals surface area contributed by atoms with Crippen molar-refractivity contribution in [3.8, 4) is 0 Å². The van der Waals surface area contributed by atoms with Crippen LogP contribution in [0.3, 0.4) is 0 Å². The number of sulfonamides is 1. The quantitative estimate of drug-likeness (QED) is 0.889. The van der Waals surface area contributed by atoms with Gasteiger partial charge in [0.1, 0.15) is 0 Å². The smallest absolute Gasteiger partial charge is 0.215 e. The lowest BCUT2D eigenvalue weighted by Crippen LogP contribution is -2.37. The van der Waals surface area contributed by atoms with Crippen molar-refractivity contribution in [3.63, 3.8) is 0 Å². The lowest BCUT2D eigenvalue weighted by molar-refractivity contribution is 0.220. The van der Waals surface area contributed by atoms with Crippen LogP contribution in [0.25, 0.3) is 0 Å². The van der Waals surface area contributed by atoms with Crippen LogP contribution in [0.2, 0.25) is 0 Å². The van der Waals surface area contributed by atoms with Crippen LogP contribution in [0.4, 0.5) is 0 Å². The van der Waals surface area contributed by atoms with Crippen molar-refractivity contribution in [2.45, 2.75) is 18.6 Å². The summed E-state index contributed by atoms with van der Waals surface area (Å²) in [5, 5.41) is 0. The van der Waals surface area contributed by atoms with E-state index in [2.05, 4.69) is 16.7 Å². The zero-order valence-electron chi connectivity index (χ0n) is 11.4. The number of hydrogen-bond acceptors (Lipinski definition) is 3. The molecule has 4 nitrogen and oxygen atoms in total. The van der Waals surface area contributed by atoms with Crippen molar-refractivity contribution < 1.29 is 8.42 Å². The summed E-state index contributed by atoms with van der Waals surface area (Å²) >= 11 is 0. The number of piperidine rings is 1. The van der Waals surface area contributed by atoms with E-state index in [1.807, 2.05) is 30.3 Å². The SMILES string of the molecule is CN1CCC(CNS(=O)(=O)Cc2ccccc2)CC1. The van der Waals surface area contributed by atoms with Gasteiger partial charge in [0.2, 0.25) is 10.0 Å². The molecule has 1 aromatic carbocycles. The molecule has 19 heavy (non-hydrogen) atoms. The van der Waals surface area contributed by atoms with E-state index in [0.29, 0.717) is 12.5 Å². The fraction of sp³-hybridized carbons (Fsp3) is 0.571. The van der Waals surface area contributed by atoms with Crippen LogP contribution < -0.4 is 4.72 Å². The first-order valence-corrected chi connectivity index (χ1v) is 8.40. The standard InChI is InChI=1S/C14H22N2O2S/c1-16-9-7-13(8-10-16)11-15-19(17,18)12-14-5-3-2-4-6-14/h2-6,13,15H,7-12H2,1H3. The van der Waals surface area contributed by atoms with Crippen molar-refractivity contribution in [2.24, 2.45) is 5.92 Å². The minimum Gasteiger partial charge on any atom is -0.306 e. The maximum atomic E-state index is 12.0. The molecule has 0 amide bonds. The van der Waals surface area contributed by atoms with Crippen LogP contribution in [0, 0.1) is 5.92 Å². The summed E-state index contributed by atoms with van der Waals surface area (Å²) in [5.74, 6) is 0.544. The summed E-state index contributed by atoms with van der Waals surface area (Å²) in [6.45, 7) is 2.69. The van der Waals surface area contributed by atoms with Crippen LogP contribution in [-0.2, 0) is 15.8 Å². The number of hydrogen-bond donors (Lipinski definition) is 1. The van der Waals surface area contributed by atoms with Crippen molar-refractivity contribution in [1.82, 2.24) is 9.62 Å². The minimum absolute atomic E-state index is 0.0699. The third kappa shape index (κ3) is 4.93. The molecule has 1 aliphatic rings. The summed E-state index contributed by atoms with van der Waals surface area (Å²) in [7, 11) is -1.10. The van der Waals surface area contributed by atoms with Crippen LogP contribution >= 0.6 is 0 Å². The van der Waals surface area contributed by atoms with Crippen molar-refractivity contribution in [1.29, 1.82) is 0 Å². The van der Waals surface area contributed by atoms with Gasteiger partial charge in [-0.05, 0) is 44.5 Å². The second kappa shape index (κ2) is 6.50. The Hall–Kier alpha value is -0.910. The third-order valence-corrected chi connectivity index (χ3v) is 4.95. The van der Waals surface area contributed by atoms with Gasteiger partial charge in [-0.2, -0.15) is 0 Å². The Kier molecular flexibility index (Phi) is 4.96. The molecular formula is C14H22N2O2S. The molecule has 1 heterocycles. The number of benzene rings is 1. The molecule has 0 saturated carbocycles. The van der Waals surface area contributed by atoms with E-state index in [1.54, 1.807) is 0 Å². The summed E-state index contributed by atoms with van der Waals surface area (Å²) in [6, 6.07) is 9.30. The molecule has 0 bridgehead atoms. The van der Waals surface area contributed by atoms with E-state index >= 15 is 0 Å². The van der Waals surface area contributed by atoms with Gasteiger partial charge in [-0.25, -0.2) is 13.1 Å². The highest BCUT2D eigenvalue weighted by atomic mass is 32.2. The van der Waals surface area contributed by atoms with E-state index in [9.17, 15) is 8.42 Å². The zero-order chi connectivity index (χ0) is 13.7. The molecule has 1 aliphatic heterocycles. The summed E-state index contributed by atoms with van der Waals surface area (Å²) < 4.78 is 26.7. The molecule has 0 radical (unpaired) electrons. The second-order valence-electron chi connectivity index (χ2n) is 5.34. The zero-order valence-corrected chi connectivity index (χ0v) is 12.2. The predicted octanol–water partition coefficient (Wildman–Crippen LogP) is 1.45. The Morgan fingerprint density at radius 2 is 1.84 bits per heavy atom. The molecule has 1 aromatic rings. The third-order valence-electron chi connectivity index (χ3n) is 3.63. The molecule has 0 aromatic heterocycles. The van der Waals surface area contributed by atoms with Crippen LogP contribution in [0.1, 0.15) is 18.4 Å². The topological polar surface area (TPSA) is 49.4 Å². The maximum absolute atomic E-state index is 12.0. The van der Waals surface area contributed by atoms with Gasteiger partial charge in [-0.1, -0.05) is 30.3 Å². The molecular weight excluding hydrogens is 260 g/mol. The van der Waals surface area contributed by atoms with E-state index in [-0.39, 0.29) is 5.75 Å². The van der Waals surface area contributed by atoms with E-state index < -0.39 is 10.0 Å². The Bertz CT molecular complexity index is 479. The van der Waals surface area contributed by atoms with Gasteiger partial charge >= 0.3 is 0 Å². The minimum atomic E-state index is -3.21. The van der Waals surface area contributed by atoms with Crippen molar-refractivity contribution >= 4 is 10.0 Å². The molecule has 0 aliphatic carbocycles. The predicted molar refractivity (Wildman–Crippen MR) is 77.3 cm³/mol. The molecule has 5 heteroatoms. The largest absolute Gasteiger partial charge is 0.306 e. The molecule has 0 atom stereocenters. The molecule has 2 rings (SSSR count). The van der Waals surface area contributed by atoms with E-state index in [0.717, 1.165) is 31.5 Å². The average molecular weight is 282 g/mol. The highest BCUT2D eigenvalue weighted by molar-refractivity contribution is 7.88. The summed E-state index contributed by atoms with van der Waals surface area (Å²) in [4.78, 5) is 2.29. The first-order chi connectivity index (χ1) is 9.05. The Labute approximate surface area is 115 Å². The maximum Gasteiger partial charge on any atom is 0.215 e. The molecule has 1 fully saturated rings. The van der Waals surface area contributed by atoms with E-state index in [1.165, 1.54) is 0 Å². The molecule has 0 spiro atoms. The first kappa shape index (κ1) is 14.5. The average Bonchev–Trinajstić information content (AvgIpc) is 2.39. The van der Waals surface area contributed by atoms with Gasteiger partial charge in [0.25, 0.3) is 0 Å². The van der Waals surface area contributed by atoms with Crippen LogP contribution in [-0.4, -0.2) is 40.0 Å². The lowest BCUT2D eigenvalue weighted by atomic mass is 9.98. The number of nitrogens with zero attached hydrogens (tertiary/aromatic N) is 1. The van der Waals surface area contributed by atoms with E-state index in [4.69, 9.17) is 0 Å². The summed E-state index contributed by atoms with van der Waals surface area (Å²) in [5.41, 5.74) is 0.832. The van der Waals surface area contributed by atoms with Gasteiger partial charge in [0.05, 0.1) is 5.75 Å². The first-order valence-electron chi connectivity index (χ1n) is 6.75. The Morgan fingerprint density at radius 3 is 2.47 bits per heavy atom. The monoisotopic (exact) mass is 282 g/mol. The van der Waals surface area contributed by atoms with Gasteiger partial charge in [0.15, 0.2) is 0 Å². The fourth-order valence-corrected chi connectivity index (χ4v) is 3.58. The highest BCUT2D eigenvalue weighted by Crippen LogP contribution is 2.15. The highest BCUT2D eigenvalue weighted by Gasteiger charge is 2.19. The molecule has 1 saturated heterocycles. The number of rotatable bonds is 5. The van der Waals surface area contributed by atoms with Gasteiger partial charge in [-0.3, -0.25) is 0 Å². The Balaban J connectivity index is 1.81. The van der Waals surface area contributed by atoms with Crippen LogP contribution in [0.15, 0.2) is 30.3 Å². The Morgan fingerprint density at radius 1 is 1.21 bits per heavy atom. The fourth-order valence-electron chi connectivity index (χ4n) is 2.36. The number of likely N-dealkylation sites (tertiary alicyclic amines) is 1. The molecule has 106 valence electrons. The molecule has 0 unspecified atom stereocenters. The normalized spacial score (nSPS) is 18.6. The second-order valence-corrected chi connectivity index (χ2v) is 7.15. The van der Waals surface area contributed by atoms with Crippen LogP contribution in [0.5, 0.6) is 0 Å². The van der Waals surface area contributed by atoms with Crippen molar-refractivity contribution in [2.75, 3.05) is 26.7 Å². The summed E-state index contributed by atoms with van der Waals surface area (Å²) in [6.07, 6.45) is 2.15. The number of nitrogens with one attached hydrogen (secondary N) is 1.